The van der Waals surface area contributed by atoms with Crippen molar-refractivity contribution in [2.24, 2.45) is 11.8 Å². The molecule has 2 rings (SSSR count). The summed E-state index contributed by atoms with van der Waals surface area (Å²) in [5, 5.41) is 8.25. The van der Waals surface area contributed by atoms with Crippen LogP contribution < -0.4 is 10.1 Å². The van der Waals surface area contributed by atoms with E-state index in [1.807, 2.05) is 6.20 Å². The van der Waals surface area contributed by atoms with Crippen molar-refractivity contribution in [3.63, 3.8) is 0 Å². The van der Waals surface area contributed by atoms with Gasteiger partial charge in [0.15, 0.2) is 5.75 Å². The van der Waals surface area contributed by atoms with Gasteiger partial charge in [0.2, 0.25) is 0 Å². The predicted molar refractivity (Wildman–Crippen MR) is 86.7 cm³/mol. The van der Waals surface area contributed by atoms with Crippen LogP contribution in [0.15, 0.2) is 6.20 Å². The molecule has 1 aromatic rings. The van der Waals surface area contributed by atoms with Crippen molar-refractivity contribution in [3.8, 4) is 5.75 Å². The molecule has 0 aliphatic heterocycles. The van der Waals surface area contributed by atoms with E-state index in [4.69, 9.17) is 4.74 Å². The number of nitrogens with one attached hydrogen (secondary N) is 1. The normalized spacial score (nSPS) is 23.7. The lowest BCUT2D eigenvalue weighted by molar-refractivity contribution is 0.316. The maximum Gasteiger partial charge on any atom is 0.161 e. The van der Waals surface area contributed by atoms with Crippen LogP contribution in [-0.4, -0.2) is 23.4 Å². The number of methoxy groups -OCH3 is 1. The molecule has 4 nitrogen and oxygen atoms in total. The summed E-state index contributed by atoms with van der Waals surface area (Å²) in [4.78, 5) is 0. The molecule has 0 radical (unpaired) electrons. The number of aromatic nitrogens is 2. The van der Waals surface area contributed by atoms with E-state index in [1.165, 1.54) is 31.4 Å². The first-order chi connectivity index (χ1) is 10.1. The lowest BCUT2D eigenvalue weighted by atomic mass is 9.92. The third-order valence-corrected chi connectivity index (χ3v) is 4.86. The Bertz CT molecular complexity index is 441. The minimum atomic E-state index is 0.353. The van der Waals surface area contributed by atoms with Gasteiger partial charge in [-0.25, -0.2) is 0 Å². The summed E-state index contributed by atoms with van der Waals surface area (Å²) < 4.78 is 7.72. The van der Waals surface area contributed by atoms with Crippen LogP contribution in [0.5, 0.6) is 5.75 Å². The minimum absolute atomic E-state index is 0.353. The molecule has 1 fully saturated rings. The van der Waals surface area contributed by atoms with Gasteiger partial charge >= 0.3 is 0 Å². The van der Waals surface area contributed by atoms with Crippen LogP contribution in [0.2, 0.25) is 0 Å². The van der Waals surface area contributed by atoms with E-state index in [0.29, 0.717) is 18.0 Å². The predicted octanol–water partition coefficient (Wildman–Crippen LogP) is 3.95. The number of rotatable bonds is 7. The monoisotopic (exact) mass is 293 g/mol. The molecule has 21 heavy (non-hydrogen) atoms. The van der Waals surface area contributed by atoms with E-state index in [9.17, 15) is 0 Å². The molecule has 3 atom stereocenters. The van der Waals surface area contributed by atoms with Crippen molar-refractivity contribution >= 4 is 0 Å². The second-order valence-electron chi connectivity index (χ2n) is 6.52. The van der Waals surface area contributed by atoms with Gasteiger partial charge in [0, 0.05) is 6.04 Å². The molecule has 1 aromatic heterocycles. The molecule has 120 valence electrons. The molecule has 1 N–H and O–H groups in total. The highest BCUT2D eigenvalue weighted by Gasteiger charge is 2.34. The van der Waals surface area contributed by atoms with Gasteiger partial charge in [-0.2, -0.15) is 5.10 Å². The summed E-state index contributed by atoms with van der Waals surface area (Å²) in [5.41, 5.74) is 1.23. The van der Waals surface area contributed by atoms with Crippen LogP contribution in [0.4, 0.5) is 0 Å². The molecular formula is C17H31N3O. The van der Waals surface area contributed by atoms with E-state index >= 15 is 0 Å². The molecule has 4 heteroatoms. The quantitative estimate of drug-likeness (QED) is 0.827. The fourth-order valence-electron chi connectivity index (χ4n) is 3.71. The van der Waals surface area contributed by atoms with Crippen LogP contribution in [0, 0.1) is 11.8 Å². The van der Waals surface area contributed by atoms with Gasteiger partial charge in [-0.05, 0) is 45.1 Å². The molecule has 3 unspecified atom stereocenters. The fraction of sp³-hybridized carbons (Fsp3) is 0.824. The van der Waals surface area contributed by atoms with Crippen LogP contribution in [0.3, 0.4) is 0 Å². The topological polar surface area (TPSA) is 39.1 Å². The minimum Gasteiger partial charge on any atom is -0.493 e. The first-order valence-corrected chi connectivity index (χ1v) is 8.47. The number of nitrogens with zero attached hydrogens (tertiary/aromatic N) is 2. The molecule has 0 bridgehead atoms. The van der Waals surface area contributed by atoms with E-state index in [1.54, 1.807) is 7.11 Å². The smallest absolute Gasteiger partial charge is 0.161 e. The summed E-state index contributed by atoms with van der Waals surface area (Å²) >= 11 is 0. The second-order valence-corrected chi connectivity index (χ2v) is 6.52. The van der Waals surface area contributed by atoms with Crippen molar-refractivity contribution in [3.05, 3.63) is 11.9 Å². The average Bonchev–Trinajstić information content (AvgIpc) is 3.11. The zero-order chi connectivity index (χ0) is 15.4. The van der Waals surface area contributed by atoms with Gasteiger partial charge in [0.25, 0.3) is 0 Å². The largest absolute Gasteiger partial charge is 0.493 e. The van der Waals surface area contributed by atoms with Crippen molar-refractivity contribution < 1.29 is 4.74 Å². The number of ether oxygens (including phenoxy) is 1. The highest BCUT2D eigenvalue weighted by Crippen LogP contribution is 2.43. The average molecular weight is 293 g/mol. The summed E-state index contributed by atoms with van der Waals surface area (Å²) in [6, 6.07) is 0.708. The molecule has 1 heterocycles. The van der Waals surface area contributed by atoms with Crippen LogP contribution in [0.25, 0.3) is 0 Å². The third kappa shape index (κ3) is 3.42. The first-order valence-electron chi connectivity index (χ1n) is 8.47. The third-order valence-electron chi connectivity index (χ3n) is 4.86. The Labute approximate surface area is 129 Å². The lowest BCUT2D eigenvalue weighted by Crippen LogP contribution is -2.30. The van der Waals surface area contributed by atoms with Gasteiger partial charge in [0.05, 0.1) is 25.0 Å². The second kappa shape index (κ2) is 7.30. The van der Waals surface area contributed by atoms with Crippen LogP contribution >= 0.6 is 0 Å². The van der Waals surface area contributed by atoms with Gasteiger partial charge < -0.3 is 10.1 Å². The van der Waals surface area contributed by atoms with Crippen molar-refractivity contribution in [1.29, 1.82) is 0 Å². The van der Waals surface area contributed by atoms with Crippen LogP contribution in [0.1, 0.15) is 71.2 Å². The summed E-state index contributed by atoms with van der Waals surface area (Å²) in [6.07, 6.45) is 7.16. The Morgan fingerprint density at radius 2 is 2.14 bits per heavy atom. The van der Waals surface area contributed by atoms with E-state index < -0.39 is 0 Å². The molecule has 0 amide bonds. The Morgan fingerprint density at radius 3 is 2.67 bits per heavy atom. The summed E-state index contributed by atoms with van der Waals surface area (Å²) in [6.45, 7) is 9.84. The fourth-order valence-corrected chi connectivity index (χ4v) is 3.71. The van der Waals surface area contributed by atoms with E-state index in [0.717, 1.165) is 18.2 Å². The summed E-state index contributed by atoms with van der Waals surface area (Å²) in [7, 11) is 1.75. The van der Waals surface area contributed by atoms with Gasteiger partial charge in [-0.3, -0.25) is 4.68 Å². The van der Waals surface area contributed by atoms with E-state index in [2.05, 4.69) is 42.8 Å². The Morgan fingerprint density at radius 1 is 1.38 bits per heavy atom. The Kier molecular flexibility index (Phi) is 5.68. The Hall–Kier alpha value is -1.03. The number of hydrogen-bond acceptors (Lipinski definition) is 3. The highest BCUT2D eigenvalue weighted by molar-refractivity contribution is 5.29. The standard InChI is InChI=1S/C17H31N3O/c1-6-13-8-9-14(10-13)16(18-7-2)17-15(21-5)11-19-20(17)12(3)4/h11-14,16,18H,6-10H2,1-5H3. The molecular weight excluding hydrogens is 262 g/mol. The lowest BCUT2D eigenvalue weighted by Gasteiger charge is -2.27. The molecule has 0 saturated heterocycles. The molecule has 0 aromatic carbocycles. The molecule has 1 aliphatic carbocycles. The van der Waals surface area contributed by atoms with Gasteiger partial charge in [-0.15, -0.1) is 0 Å². The highest BCUT2D eigenvalue weighted by atomic mass is 16.5. The SMILES string of the molecule is CCNC(c1c(OC)cnn1C(C)C)C1CCC(CC)C1. The van der Waals surface area contributed by atoms with Gasteiger partial charge in [-0.1, -0.05) is 26.7 Å². The molecule has 0 spiro atoms. The van der Waals surface area contributed by atoms with Gasteiger partial charge in [0.1, 0.15) is 0 Å². The Balaban J connectivity index is 2.31. The maximum atomic E-state index is 5.59. The molecule has 1 saturated carbocycles. The van der Waals surface area contributed by atoms with E-state index in [-0.39, 0.29) is 0 Å². The number of hydrogen-bond donors (Lipinski definition) is 1. The first kappa shape index (κ1) is 16.3. The maximum absolute atomic E-state index is 5.59. The van der Waals surface area contributed by atoms with Crippen molar-refractivity contribution in [2.75, 3.05) is 13.7 Å². The van der Waals surface area contributed by atoms with Crippen molar-refractivity contribution in [2.45, 2.75) is 65.5 Å². The zero-order valence-corrected chi connectivity index (χ0v) is 14.2. The van der Waals surface area contributed by atoms with Crippen LogP contribution in [-0.2, 0) is 0 Å². The zero-order valence-electron chi connectivity index (χ0n) is 14.2. The summed E-state index contributed by atoms with van der Waals surface area (Å²) in [5.74, 6) is 2.50. The molecule has 1 aliphatic rings. The van der Waals surface area contributed by atoms with Crippen molar-refractivity contribution in [1.82, 2.24) is 15.1 Å².